The first-order chi connectivity index (χ1) is 10.0. The van der Waals surface area contributed by atoms with Crippen LogP contribution in [-0.2, 0) is 0 Å². The van der Waals surface area contributed by atoms with Gasteiger partial charge >= 0.3 is 0 Å². The van der Waals surface area contributed by atoms with Crippen LogP contribution in [0.5, 0.6) is 0 Å². The van der Waals surface area contributed by atoms with Crippen LogP contribution in [0.25, 0.3) is 0 Å². The predicted molar refractivity (Wildman–Crippen MR) is 70.5 cm³/mol. The van der Waals surface area contributed by atoms with Crippen molar-refractivity contribution in [1.29, 1.82) is 0 Å². The zero-order valence-corrected chi connectivity index (χ0v) is 11.0. The fourth-order valence-electron chi connectivity index (χ4n) is 1.53. The number of nitrogens with one attached hydrogen (secondary N) is 2. The number of benzene rings is 1. The van der Waals surface area contributed by atoms with E-state index in [0.717, 1.165) is 6.07 Å². The number of carbonyl (C=O) groups excluding carboxylic acids is 1. The van der Waals surface area contributed by atoms with Gasteiger partial charge in [-0.15, -0.1) is 0 Å². The van der Waals surface area contributed by atoms with E-state index in [9.17, 15) is 18.0 Å². The molecule has 0 aliphatic heterocycles. The molecule has 2 aromatic rings. The van der Waals surface area contributed by atoms with Crippen LogP contribution in [0.2, 0.25) is 0 Å². The molecule has 1 aromatic carbocycles. The molecule has 0 atom stereocenters. The van der Waals surface area contributed by atoms with Gasteiger partial charge in [0.2, 0.25) is 0 Å². The van der Waals surface area contributed by atoms with Gasteiger partial charge in [-0.3, -0.25) is 4.79 Å². The molecule has 0 unspecified atom stereocenters. The molecule has 0 bridgehead atoms. The summed E-state index contributed by atoms with van der Waals surface area (Å²) in [7, 11) is 0. The Kier molecular flexibility index (Phi) is 4.36. The van der Waals surface area contributed by atoms with Gasteiger partial charge in [0.25, 0.3) is 5.91 Å². The number of hydrogen-bond acceptors (Lipinski definition) is 4. The van der Waals surface area contributed by atoms with E-state index >= 15 is 0 Å². The van der Waals surface area contributed by atoms with Gasteiger partial charge in [-0.1, -0.05) is 0 Å². The third-order valence-corrected chi connectivity index (χ3v) is 2.53. The highest BCUT2D eigenvalue weighted by Gasteiger charge is 2.16. The van der Waals surface area contributed by atoms with Crippen molar-refractivity contribution in [2.75, 3.05) is 17.2 Å². The van der Waals surface area contributed by atoms with Crippen LogP contribution in [0.4, 0.5) is 24.7 Å². The summed E-state index contributed by atoms with van der Waals surface area (Å²) in [4.78, 5) is 19.6. The molecule has 1 amide bonds. The Hall–Kier alpha value is -2.64. The monoisotopic (exact) mass is 296 g/mol. The van der Waals surface area contributed by atoms with Crippen molar-refractivity contribution in [3.63, 3.8) is 0 Å². The topological polar surface area (TPSA) is 66.9 Å². The minimum absolute atomic E-state index is 0.0826. The van der Waals surface area contributed by atoms with Crippen LogP contribution in [-0.4, -0.2) is 22.4 Å². The zero-order chi connectivity index (χ0) is 15.4. The molecule has 2 N–H and O–H groups in total. The Balaban J connectivity index is 2.16. The number of halogens is 3. The lowest BCUT2D eigenvalue weighted by Crippen LogP contribution is -2.16. The second-order valence-corrected chi connectivity index (χ2v) is 3.99. The first kappa shape index (κ1) is 14.8. The fraction of sp³-hybridized carbons (Fsp3) is 0.154. The van der Waals surface area contributed by atoms with Crippen molar-refractivity contribution >= 4 is 17.4 Å². The van der Waals surface area contributed by atoms with Crippen molar-refractivity contribution in [1.82, 2.24) is 9.97 Å². The zero-order valence-electron chi connectivity index (χ0n) is 11.0. The van der Waals surface area contributed by atoms with Crippen LogP contribution >= 0.6 is 0 Å². The van der Waals surface area contributed by atoms with Gasteiger partial charge in [0.15, 0.2) is 17.5 Å². The molecule has 0 aliphatic carbocycles. The molecule has 0 fully saturated rings. The molecule has 5 nitrogen and oxygen atoms in total. The van der Waals surface area contributed by atoms with E-state index in [0.29, 0.717) is 18.4 Å². The smallest absolute Gasteiger partial charge is 0.275 e. The van der Waals surface area contributed by atoms with E-state index in [4.69, 9.17) is 0 Å². The summed E-state index contributed by atoms with van der Waals surface area (Å²) in [6.07, 6.45) is 2.52. The van der Waals surface area contributed by atoms with Gasteiger partial charge in [0.1, 0.15) is 11.5 Å². The van der Waals surface area contributed by atoms with Gasteiger partial charge in [0, 0.05) is 6.54 Å². The molecule has 2 rings (SSSR count). The van der Waals surface area contributed by atoms with Crippen LogP contribution in [0.15, 0.2) is 24.5 Å². The summed E-state index contributed by atoms with van der Waals surface area (Å²) in [5.41, 5.74) is -0.558. The van der Waals surface area contributed by atoms with E-state index in [1.54, 1.807) is 0 Å². The molecule has 0 saturated heterocycles. The third kappa shape index (κ3) is 3.28. The van der Waals surface area contributed by atoms with E-state index in [1.807, 2.05) is 6.92 Å². The SMILES string of the molecule is CCNc1cnc(C(=O)Nc2ccc(F)c(F)c2F)cn1. The molecule has 1 aromatic heterocycles. The van der Waals surface area contributed by atoms with Gasteiger partial charge in [0.05, 0.1) is 18.1 Å². The first-order valence-corrected chi connectivity index (χ1v) is 6.03. The molecule has 0 saturated carbocycles. The average Bonchev–Trinajstić information content (AvgIpc) is 2.49. The molecule has 0 spiro atoms. The Morgan fingerprint density at radius 3 is 2.52 bits per heavy atom. The maximum absolute atomic E-state index is 13.4. The predicted octanol–water partition coefficient (Wildman–Crippen LogP) is 2.58. The van der Waals surface area contributed by atoms with Crippen molar-refractivity contribution in [2.24, 2.45) is 0 Å². The lowest BCUT2D eigenvalue weighted by atomic mass is 10.2. The highest BCUT2D eigenvalue weighted by atomic mass is 19.2. The van der Waals surface area contributed by atoms with Crippen LogP contribution in [0, 0.1) is 17.5 Å². The maximum Gasteiger partial charge on any atom is 0.275 e. The quantitative estimate of drug-likeness (QED) is 0.851. The van der Waals surface area contributed by atoms with Crippen molar-refractivity contribution in [3.05, 3.63) is 47.7 Å². The van der Waals surface area contributed by atoms with Crippen LogP contribution < -0.4 is 10.6 Å². The Bertz CT molecular complexity index is 661. The number of aromatic nitrogens is 2. The number of anilines is 2. The van der Waals surface area contributed by atoms with Crippen LogP contribution in [0.3, 0.4) is 0 Å². The summed E-state index contributed by atoms with van der Waals surface area (Å²) in [6, 6.07) is 1.64. The standard InChI is InChI=1S/C13H11F3N4O/c1-2-17-10-6-18-9(5-19-10)13(21)20-8-4-3-7(14)11(15)12(8)16/h3-6H,2H2,1H3,(H,17,19)(H,20,21). The van der Waals surface area contributed by atoms with Crippen molar-refractivity contribution < 1.29 is 18.0 Å². The molecule has 0 radical (unpaired) electrons. The Morgan fingerprint density at radius 1 is 1.14 bits per heavy atom. The number of carbonyl (C=O) groups is 1. The summed E-state index contributed by atoms with van der Waals surface area (Å²) >= 11 is 0. The van der Waals surface area contributed by atoms with Crippen molar-refractivity contribution in [2.45, 2.75) is 6.92 Å². The average molecular weight is 296 g/mol. The first-order valence-electron chi connectivity index (χ1n) is 6.03. The van der Waals surface area contributed by atoms with E-state index in [-0.39, 0.29) is 5.69 Å². The summed E-state index contributed by atoms with van der Waals surface area (Å²) in [5.74, 6) is -4.76. The summed E-state index contributed by atoms with van der Waals surface area (Å²) < 4.78 is 39.3. The second-order valence-electron chi connectivity index (χ2n) is 3.99. The van der Waals surface area contributed by atoms with E-state index in [2.05, 4.69) is 20.6 Å². The number of nitrogens with zero attached hydrogens (tertiary/aromatic N) is 2. The summed E-state index contributed by atoms with van der Waals surface area (Å²) in [5, 5.41) is 4.99. The molecular weight excluding hydrogens is 285 g/mol. The van der Waals surface area contributed by atoms with Gasteiger partial charge < -0.3 is 10.6 Å². The lowest BCUT2D eigenvalue weighted by molar-refractivity contribution is 0.102. The lowest BCUT2D eigenvalue weighted by Gasteiger charge is -2.07. The van der Waals surface area contributed by atoms with E-state index in [1.165, 1.54) is 12.4 Å². The number of rotatable bonds is 4. The Morgan fingerprint density at radius 2 is 1.90 bits per heavy atom. The highest BCUT2D eigenvalue weighted by molar-refractivity contribution is 6.02. The molecule has 110 valence electrons. The van der Waals surface area contributed by atoms with Gasteiger partial charge in [-0.2, -0.15) is 0 Å². The largest absolute Gasteiger partial charge is 0.369 e. The summed E-state index contributed by atoms with van der Waals surface area (Å²) in [6.45, 7) is 2.51. The van der Waals surface area contributed by atoms with Gasteiger partial charge in [-0.05, 0) is 19.1 Å². The number of amides is 1. The second kappa shape index (κ2) is 6.21. The normalized spacial score (nSPS) is 10.3. The van der Waals surface area contributed by atoms with E-state index < -0.39 is 29.0 Å². The minimum atomic E-state index is -1.65. The van der Waals surface area contributed by atoms with Crippen LogP contribution in [0.1, 0.15) is 17.4 Å². The molecule has 1 heterocycles. The molecule has 8 heteroatoms. The number of hydrogen-bond donors (Lipinski definition) is 2. The molecule has 21 heavy (non-hydrogen) atoms. The maximum atomic E-state index is 13.4. The van der Waals surface area contributed by atoms with Crippen molar-refractivity contribution in [3.8, 4) is 0 Å². The Labute approximate surface area is 118 Å². The highest BCUT2D eigenvalue weighted by Crippen LogP contribution is 2.20. The minimum Gasteiger partial charge on any atom is -0.369 e. The molecule has 0 aliphatic rings. The van der Waals surface area contributed by atoms with Gasteiger partial charge in [-0.25, -0.2) is 23.1 Å². The molecular formula is C13H11F3N4O. The fourth-order valence-corrected chi connectivity index (χ4v) is 1.53. The third-order valence-electron chi connectivity index (χ3n) is 2.53.